The van der Waals surface area contributed by atoms with Gasteiger partial charge < -0.3 is 0 Å². The summed E-state index contributed by atoms with van der Waals surface area (Å²) in [5.41, 5.74) is 0. The summed E-state index contributed by atoms with van der Waals surface area (Å²) in [6.45, 7) is 13.5. The van der Waals surface area contributed by atoms with Gasteiger partial charge in [0.1, 0.15) is 0 Å². The van der Waals surface area contributed by atoms with Crippen molar-refractivity contribution < 1.29 is 56.2 Å². The van der Waals surface area contributed by atoms with E-state index in [0.717, 1.165) is 6.42 Å². The zero-order valence-electron chi connectivity index (χ0n) is 9.99. The SMILES string of the molecule is C1=CC=CCC=C1.F[P-](F)(F)(F)(F)F.[C-]#[O+].[C-]#[O+].[C-]#[O+].[Mn]. The summed E-state index contributed by atoms with van der Waals surface area (Å²) in [6, 6.07) is 0. The fourth-order valence-electron chi connectivity index (χ4n) is 0.521. The minimum absolute atomic E-state index is 0. The molecule has 0 heterocycles. The summed E-state index contributed by atoms with van der Waals surface area (Å²) in [5.74, 6) is 0. The molecule has 0 unspecified atom stereocenters. The molecule has 0 saturated heterocycles. The molecule has 0 saturated carbocycles. The fraction of sp³-hybridized carbons (Fsp3) is 0.100. The Bertz CT molecular complexity index is 351. The van der Waals surface area contributed by atoms with Crippen LogP contribution in [0.4, 0.5) is 25.2 Å². The molecular weight excluding hydrogens is 368 g/mol. The van der Waals surface area contributed by atoms with E-state index in [9.17, 15) is 25.2 Å². The molecule has 1 aliphatic rings. The third-order valence-electron chi connectivity index (χ3n) is 0.878. The molecular formula is C10H8F6MnO3P-. The first-order chi connectivity index (χ1) is 8.95. The van der Waals surface area contributed by atoms with E-state index in [2.05, 4.69) is 44.3 Å². The predicted octanol–water partition coefficient (Wildman–Crippen LogP) is 5.33. The summed E-state index contributed by atoms with van der Waals surface area (Å²) in [5, 5.41) is 0. The average Bonchev–Trinajstić information content (AvgIpc) is 2.65. The van der Waals surface area contributed by atoms with Crippen molar-refractivity contribution in [1.29, 1.82) is 0 Å². The summed E-state index contributed by atoms with van der Waals surface area (Å²) < 4.78 is 81.7. The van der Waals surface area contributed by atoms with Crippen LogP contribution in [0.25, 0.3) is 0 Å². The first kappa shape index (κ1) is 32.1. The minimum atomic E-state index is -10.7. The van der Waals surface area contributed by atoms with Crippen LogP contribution in [0.5, 0.6) is 0 Å². The number of halogens is 6. The first-order valence-electron chi connectivity index (χ1n) is 4.11. The Balaban J connectivity index is -0.0000000579. The van der Waals surface area contributed by atoms with E-state index >= 15 is 0 Å². The van der Waals surface area contributed by atoms with Gasteiger partial charge in [0.05, 0.1) is 0 Å². The van der Waals surface area contributed by atoms with Crippen LogP contribution >= 0.6 is 7.81 Å². The fourth-order valence-corrected chi connectivity index (χ4v) is 0.521. The van der Waals surface area contributed by atoms with E-state index in [1.165, 1.54) is 0 Å². The molecule has 0 N–H and O–H groups in total. The van der Waals surface area contributed by atoms with Crippen LogP contribution < -0.4 is 0 Å². The topological polar surface area (TPSA) is 59.7 Å². The van der Waals surface area contributed by atoms with Crippen LogP contribution in [0.2, 0.25) is 0 Å². The molecule has 1 rings (SSSR count). The smallest absolute Gasteiger partial charge is 0 e. The first-order valence-corrected chi connectivity index (χ1v) is 6.14. The Morgan fingerprint density at radius 2 is 0.810 bits per heavy atom. The monoisotopic (exact) mass is 376 g/mol. The van der Waals surface area contributed by atoms with Gasteiger partial charge in [0.15, 0.2) is 0 Å². The van der Waals surface area contributed by atoms with Crippen molar-refractivity contribution in [3.05, 3.63) is 56.4 Å². The van der Waals surface area contributed by atoms with Gasteiger partial charge in [-0.05, 0) is 6.42 Å². The van der Waals surface area contributed by atoms with Crippen LogP contribution in [-0.4, -0.2) is 0 Å². The Morgan fingerprint density at radius 1 is 0.619 bits per heavy atom. The molecule has 0 fully saturated rings. The Morgan fingerprint density at radius 3 is 1.00 bits per heavy atom. The van der Waals surface area contributed by atoms with Gasteiger partial charge in [-0.2, -0.15) is 0 Å². The Hall–Kier alpha value is -1.03. The van der Waals surface area contributed by atoms with Gasteiger partial charge in [-0.3, -0.25) is 0 Å². The molecule has 0 aliphatic heterocycles. The molecule has 0 bridgehead atoms. The molecule has 1 aliphatic carbocycles. The van der Waals surface area contributed by atoms with E-state index in [1.54, 1.807) is 0 Å². The zero-order valence-corrected chi connectivity index (χ0v) is 12.1. The van der Waals surface area contributed by atoms with Crippen molar-refractivity contribution >= 4 is 7.81 Å². The van der Waals surface area contributed by atoms with Gasteiger partial charge in [-0.1, -0.05) is 36.5 Å². The van der Waals surface area contributed by atoms with Crippen molar-refractivity contribution in [2.24, 2.45) is 0 Å². The van der Waals surface area contributed by atoms with Crippen molar-refractivity contribution in [1.82, 2.24) is 0 Å². The van der Waals surface area contributed by atoms with Crippen LogP contribution in [0.1, 0.15) is 6.42 Å². The van der Waals surface area contributed by atoms with Gasteiger partial charge in [-0.15, -0.1) is 0 Å². The third kappa shape index (κ3) is 153. The van der Waals surface area contributed by atoms with E-state index < -0.39 is 7.81 Å². The number of hydrogen-bond acceptors (Lipinski definition) is 0. The van der Waals surface area contributed by atoms with Gasteiger partial charge in [0, 0.05) is 17.1 Å². The van der Waals surface area contributed by atoms with E-state index in [-0.39, 0.29) is 17.1 Å². The standard InChI is InChI=1S/C7H8.3CO.F6P.Mn/c1-2-4-6-7-5-3-1;3*1-2;1-7(2,3,4,5)6;/h1-6H,7H2;;;;;/q;;;;-1;. The average molecular weight is 376 g/mol. The second kappa shape index (κ2) is 13.9. The van der Waals surface area contributed by atoms with Gasteiger partial charge in [-0.25, -0.2) is 0 Å². The van der Waals surface area contributed by atoms with E-state index in [0.29, 0.717) is 0 Å². The van der Waals surface area contributed by atoms with Gasteiger partial charge in [0.2, 0.25) is 0 Å². The summed E-state index contributed by atoms with van der Waals surface area (Å²) >= 11 is 0. The molecule has 0 spiro atoms. The Kier molecular flexibility index (Phi) is 21.3. The van der Waals surface area contributed by atoms with Crippen LogP contribution in [-0.2, 0) is 31.0 Å². The normalized spacial score (nSPS) is 13.7. The molecule has 11 heteroatoms. The van der Waals surface area contributed by atoms with Gasteiger partial charge >= 0.3 is 66.9 Å². The molecule has 0 amide bonds. The van der Waals surface area contributed by atoms with Gasteiger partial charge in [0.25, 0.3) is 0 Å². The van der Waals surface area contributed by atoms with Crippen molar-refractivity contribution in [3.63, 3.8) is 0 Å². The second-order valence-corrected chi connectivity index (χ2v) is 4.35. The summed E-state index contributed by atoms with van der Waals surface area (Å²) in [4.78, 5) is 0. The third-order valence-corrected chi connectivity index (χ3v) is 0.878. The molecule has 0 aromatic carbocycles. The zero-order chi connectivity index (χ0) is 17.4. The summed E-state index contributed by atoms with van der Waals surface area (Å²) in [6.07, 6.45) is 13.5. The molecule has 3 nitrogen and oxygen atoms in total. The number of hydrogen-bond donors (Lipinski definition) is 0. The van der Waals surface area contributed by atoms with Crippen molar-refractivity contribution in [2.75, 3.05) is 0 Å². The maximum atomic E-state index is 9.87. The van der Waals surface area contributed by atoms with E-state index in [4.69, 9.17) is 14.0 Å². The molecule has 0 aromatic rings. The van der Waals surface area contributed by atoms with E-state index in [1.807, 2.05) is 12.2 Å². The molecule has 0 aromatic heterocycles. The maximum Gasteiger partial charge on any atom is 0 e. The molecule has 121 valence electrons. The predicted molar refractivity (Wildman–Crippen MR) is 57.4 cm³/mol. The molecule has 1 radical (unpaired) electrons. The quantitative estimate of drug-likeness (QED) is 0.181. The maximum absolute atomic E-state index is 10.7. The Labute approximate surface area is 127 Å². The van der Waals surface area contributed by atoms with Crippen LogP contribution in [0.15, 0.2) is 36.5 Å². The molecule has 0 atom stereocenters. The molecule has 21 heavy (non-hydrogen) atoms. The van der Waals surface area contributed by atoms with Crippen molar-refractivity contribution in [2.45, 2.75) is 6.42 Å². The largest absolute Gasteiger partial charge is 0 e. The van der Waals surface area contributed by atoms with Crippen LogP contribution in [0, 0.1) is 20.0 Å². The number of rotatable bonds is 0. The summed E-state index contributed by atoms with van der Waals surface area (Å²) in [7, 11) is -10.7. The minimum Gasteiger partial charge on any atom is 0 e. The second-order valence-electron chi connectivity index (χ2n) is 2.44. The number of allylic oxidation sites excluding steroid dienone is 6. The van der Waals surface area contributed by atoms with Crippen molar-refractivity contribution in [3.8, 4) is 0 Å². The van der Waals surface area contributed by atoms with Crippen LogP contribution in [0.3, 0.4) is 0 Å².